The van der Waals surface area contributed by atoms with Gasteiger partial charge in [0.05, 0.1) is 12.7 Å². The maximum Gasteiger partial charge on any atom is 0.251 e. The van der Waals surface area contributed by atoms with Crippen LogP contribution in [0.4, 0.5) is 0 Å². The molecule has 0 atom stereocenters. The van der Waals surface area contributed by atoms with Crippen molar-refractivity contribution in [2.24, 2.45) is 4.99 Å². The minimum atomic E-state index is -0.0927. The minimum absolute atomic E-state index is 0.0673. The number of benzene rings is 1. The number of nitrogens with zero attached hydrogens (tertiary/aromatic N) is 2. The van der Waals surface area contributed by atoms with E-state index in [4.69, 9.17) is 4.42 Å². The monoisotopic (exact) mass is 357 g/mol. The van der Waals surface area contributed by atoms with Crippen LogP contribution in [-0.4, -0.2) is 37.0 Å². The molecule has 7 nitrogen and oxygen atoms in total. The fourth-order valence-electron chi connectivity index (χ4n) is 2.17. The summed E-state index contributed by atoms with van der Waals surface area (Å²) in [6, 6.07) is 9.13. The molecule has 0 fully saturated rings. The molecule has 7 heteroatoms. The Morgan fingerprint density at radius 2 is 1.81 bits per heavy atom. The van der Waals surface area contributed by atoms with Gasteiger partial charge < -0.3 is 20.4 Å². The van der Waals surface area contributed by atoms with E-state index in [1.165, 1.54) is 0 Å². The van der Waals surface area contributed by atoms with E-state index < -0.39 is 0 Å². The molecule has 1 aromatic carbocycles. The number of hydrogen-bond donors (Lipinski definition) is 3. The van der Waals surface area contributed by atoms with Crippen LogP contribution in [0.2, 0.25) is 0 Å². The minimum Gasteiger partial charge on any atom is -0.443 e. The molecule has 0 aliphatic rings. The predicted molar refractivity (Wildman–Crippen MR) is 102 cm³/mol. The number of carbonyl (C=O) groups excluding carboxylic acids is 1. The number of hydrogen-bond acceptors (Lipinski definition) is 4. The molecule has 0 radical (unpaired) electrons. The Bertz CT molecular complexity index is 732. The summed E-state index contributed by atoms with van der Waals surface area (Å²) in [5.41, 5.74) is 0.579. The molecule has 2 aromatic rings. The highest BCUT2D eigenvalue weighted by atomic mass is 16.4. The first-order chi connectivity index (χ1) is 12.4. The Labute approximate surface area is 154 Å². The predicted octanol–water partition coefficient (Wildman–Crippen LogP) is 2.07. The second-order valence-electron chi connectivity index (χ2n) is 6.84. The number of aliphatic imine (C=N–C) groups is 1. The number of oxazole rings is 1. The van der Waals surface area contributed by atoms with Gasteiger partial charge in [-0.2, -0.15) is 0 Å². The van der Waals surface area contributed by atoms with Crippen LogP contribution in [0.15, 0.2) is 45.9 Å². The number of guanidine groups is 1. The van der Waals surface area contributed by atoms with E-state index in [0.29, 0.717) is 37.0 Å². The van der Waals surface area contributed by atoms with Crippen molar-refractivity contribution in [1.29, 1.82) is 0 Å². The third kappa shape index (κ3) is 5.91. The van der Waals surface area contributed by atoms with Crippen molar-refractivity contribution in [3.8, 4) is 0 Å². The molecule has 0 saturated carbocycles. The van der Waals surface area contributed by atoms with Crippen molar-refractivity contribution in [2.75, 3.05) is 20.1 Å². The van der Waals surface area contributed by atoms with Crippen LogP contribution in [0.5, 0.6) is 0 Å². The van der Waals surface area contributed by atoms with Crippen LogP contribution in [0.25, 0.3) is 0 Å². The third-order valence-electron chi connectivity index (χ3n) is 3.66. The van der Waals surface area contributed by atoms with Crippen molar-refractivity contribution in [2.45, 2.75) is 32.7 Å². The first-order valence-electron chi connectivity index (χ1n) is 8.63. The van der Waals surface area contributed by atoms with Gasteiger partial charge in [0.1, 0.15) is 5.76 Å². The van der Waals surface area contributed by atoms with Crippen LogP contribution < -0.4 is 16.0 Å². The van der Waals surface area contributed by atoms with Crippen molar-refractivity contribution in [3.05, 3.63) is 53.7 Å². The lowest BCUT2D eigenvalue weighted by Gasteiger charge is -2.13. The van der Waals surface area contributed by atoms with Crippen LogP contribution in [0.1, 0.15) is 42.8 Å². The zero-order valence-electron chi connectivity index (χ0n) is 15.8. The van der Waals surface area contributed by atoms with Gasteiger partial charge in [-0.3, -0.25) is 9.79 Å². The molecule has 3 N–H and O–H groups in total. The fraction of sp³-hybridized carbons (Fsp3) is 0.421. The molecule has 0 saturated heterocycles. The van der Waals surface area contributed by atoms with E-state index in [-0.39, 0.29) is 11.3 Å². The summed E-state index contributed by atoms with van der Waals surface area (Å²) in [5.74, 6) is 1.98. The first kappa shape index (κ1) is 19.5. The summed E-state index contributed by atoms with van der Waals surface area (Å²) in [7, 11) is 1.69. The maximum absolute atomic E-state index is 11.9. The number of amides is 1. The molecule has 2 rings (SSSR count). The van der Waals surface area contributed by atoms with Gasteiger partial charge in [0, 0.05) is 31.1 Å². The largest absolute Gasteiger partial charge is 0.443 e. The fourth-order valence-corrected chi connectivity index (χ4v) is 2.17. The molecule has 0 unspecified atom stereocenters. The van der Waals surface area contributed by atoms with Crippen molar-refractivity contribution in [1.82, 2.24) is 20.9 Å². The van der Waals surface area contributed by atoms with E-state index in [1.54, 1.807) is 25.4 Å². The zero-order valence-corrected chi connectivity index (χ0v) is 15.8. The summed E-state index contributed by atoms with van der Waals surface area (Å²) in [6.45, 7) is 7.71. The van der Waals surface area contributed by atoms with Gasteiger partial charge >= 0.3 is 0 Å². The molecule has 1 amide bonds. The molecule has 0 bridgehead atoms. The number of carbonyl (C=O) groups is 1. The SMILES string of the molecule is CN=C(NCCNC(=O)c1ccccc1)NCc1ncc(C(C)(C)C)o1. The molecule has 26 heavy (non-hydrogen) atoms. The van der Waals surface area contributed by atoms with Gasteiger partial charge in [-0.1, -0.05) is 39.0 Å². The molecule has 0 aliphatic heterocycles. The molecule has 0 aliphatic carbocycles. The third-order valence-corrected chi connectivity index (χ3v) is 3.66. The second-order valence-corrected chi connectivity index (χ2v) is 6.84. The van der Waals surface area contributed by atoms with Crippen molar-refractivity contribution in [3.63, 3.8) is 0 Å². The summed E-state index contributed by atoms with van der Waals surface area (Å²) in [6.07, 6.45) is 1.76. The number of rotatable bonds is 6. The van der Waals surface area contributed by atoms with Gasteiger partial charge in [0.25, 0.3) is 5.91 Å². The highest BCUT2D eigenvalue weighted by Gasteiger charge is 2.19. The molecule has 0 spiro atoms. The lowest BCUT2D eigenvalue weighted by molar-refractivity contribution is 0.0954. The average molecular weight is 357 g/mol. The Hall–Kier alpha value is -2.83. The quantitative estimate of drug-likeness (QED) is 0.418. The molecular weight excluding hydrogens is 330 g/mol. The standard InChI is InChI=1S/C19H27N5O2/c1-19(2,3)15-12-23-16(26-15)13-24-18(20-4)22-11-10-21-17(25)14-8-6-5-7-9-14/h5-9,12H,10-11,13H2,1-4H3,(H,21,25)(H2,20,22,24). The van der Waals surface area contributed by atoms with E-state index in [2.05, 4.69) is 46.7 Å². The topological polar surface area (TPSA) is 91.5 Å². The van der Waals surface area contributed by atoms with E-state index in [0.717, 1.165) is 5.76 Å². The normalized spacial score (nSPS) is 11.9. The average Bonchev–Trinajstić information content (AvgIpc) is 3.11. The molecule has 140 valence electrons. The summed E-state index contributed by atoms with van der Waals surface area (Å²) in [5, 5.41) is 9.14. The van der Waals surface area contributed by atoms with Crippen molar-refractivity contribution >= 4 is 11.9 Å². The Morgan fingerprint density at radius 3 is 2.42 bits per heavy atom. The highest BCUT2D eigenvalue weighted by Crippen LogP contribution is 2.22. The molecule has 1 aromatic heterocycles. The summed E-state index contributed by atoms with van der Waals surface area (Å²) >= 11 is 0. The second kappa shape index (κ2) is 9.03. The van der Waals surface area contributed by atoms with E-state index in [1.807, 2.05) is 18.2 Å². The Morgan fingerprint density at radius 1 is 1.12 bits per heavy atom. The molecular formula is C19H27N5O2. The van der Waals surface area contributed by atoms with Gasteiger partial charge in [0.15, 0.2) is 5.96 Å². The van der Waals surface area contributed by atoms with Gasteiger partial charge in [-0.05, 0) is 12.1 Å². The lowest BCUT2D eigenvalue weighted by atomic mass is 9.94. The van der Waals surface area contributed by atoms with Crippen LogP contribution in [-0.2, 0) is 12.0 Å². The van der Waals surface area contributed by atoms with E-state index >= 15 is 0 Å². The first-order valence-corrected chi connectivity index (χ1v) is 8.63. The van der Waals surface area contributed by atoms with Gasteiger partial charge in [-0.15, -0.1) is 0 Å². The summed E-state index contributed by atoms with van der Waals surface area (Å²) < 4.78 is 5.74. The zero-order chi connectivity index (χ0) is 19.0. The Balaban J connectivity index is 1.71. The van der Waals surface area contributed by atoms with E-state index in [9.17, 15) is 4.79 Å². The molecule has 1 heterocycles. The number of nitrogens with one attached hydrogen (secondary N) is 3. The van der Waals surface area contributed by atoms with Crippen molar-refractivity contribution < 1.29 is 9.21 Å². The van der Waals surface area contributed by atoms with Crippen LogP contribution in [0, 0.1) is 0 Å². The van der Waals surface area contributed by atoms with Gasteiger partial charge in [0.2, 0.25) is 5.89 Å². The van der Waals surface area contributed by atoms with Crippen LogP contribution in [0.3, 0.4) is 0 Å². The van der Waals surface area contributed by atoms with Gasteiger partial charge in [-0.25, -0.2) is 4.98 Å². The van der Waals surface area contributed by atoms with Crippen LogP contribution >= 0.6 is 0 Å². The number of aromatic nitrogens is 1. The lowest BCUT2D eigenvalue weighted by Crippen LogP contribution is -2.41. The maximum atomic E-state index is 11.9. The highest BCUT2D eigenvalue weighted by molar-refractivity contribution is 5.94. The Kier molecular flexibility index (Phi) is 6.77. The summed E-state index contributed by atoms with van der Waals surface area (Å²) in [4.78, 5) is 20.4. The smallest absolute Gasteiger partial charge is 0.251 e.